The third-order valence-electron chi connectivity index (χ3n) is 4.33. The van der Waals surface area contributed by atoms with Crippen molar-refractivity contribution in [2.45, 2.75) is 13.8 Å². The minimum atomic E-state index is -0.685. The lowest BCUT2D eigenvalue weighted by molar-refractivity contribution is -0.127. The van der Waals surface area contributed by atoms with Gasteiger partial charge in [0.2, 0.25) is 5.91 Å². The fraction of sp³-hybridized carbons (Fsp3) is 0.238. The number of rotatable bonds is 4. The summed E-state index contributed by atoms with van der Waals surface area (Å²) in [6.45, 7) is 7.95. The predicted octanol–water partition coefficient (Wildman–Crippen LogP) is 4.41. The molecule has 0 fully saturated rings. The van der Waals surface area contributed by atoms with Crippen molar-refractivity contribution in [2.24, 2.45) is 5.41 Å². The monoisotopic (exact) mass is 383 g/mol. The van der Waals surface area contributed by atoms with Crippen molar-refractivity contribution < 1.29 is 18.7 Å². The fourth-order valence-corrected chi connectivity index (χ4v) is 2.86. The number of carbonyl (C=O) groups is 2. The minimum absolute atomic E-state index is 0.0547. The standard InChI is InChI=1S/C21H22FN3O3/c1-4-11-25-17-10-9-16(12-18(17)28-13-21(2,3)19(25)26)24-20(27)23-15-7-5-14(22)6-8-15/h4-10,12H,1,11,13H2,2-3H3,(H2,23,24,27). The zero-order valence-corrected chi connectivity index (χ0v) is 15.8. The quantitative estimate of drug-likeness (QED) is 0.769. The van der Waals surface area contributed by atoms with Crippen molar-refractivity contribution in [2.75, 3.05) is 28.7 Å². The number of nitrogens with zero attached hydrogens (tertiary/aromatic N) is 1. The second-order valence-electron chi connectivity index (χ2n) is 7.15. The molecular weight excluding hydrogens is 361 g/mol. The second kappa shape index (κ2) is 7.72. The number of amides is 3. The van der Waals surface area contributed by atoms with Gasteiger partial charge in [-0.25, -0.2) is 9.18 Å². The lowest BCUT2D eigenvalue weighted by Gasteiger charge is -2.27. The topological polar surface area (TPSA) is 70.7 Å². The summed E-state index contributed by atoms with van der Waals surface area (Å²) in [6, 6.07) is 10.1. The third kappa shape index (κ3) is 4.14. The average molecular weight is 383 g/mol. The Bertz CT molecular complexity index is 910. The highest BCUT2D eigenvalue weighted by Crippen LogP contribution is 2.38. The van der Waals surface area contributed by atoms with E-state index in [1.165, 1.54) is 24.3 Å². The summed E-state index contributed by atoms with van der Waals surface area (Å²) < 4.78 is 18.8. The van der Waals surface area contributed by atoms with E-state index in [4.69, 9.17) is 4.74 Å². The number of carbonyl (C=O) groups excluding carboxylic acids is 2. The molecule has 1 heterocycles. The number of urea groups is 1. The molecule has 1 aliphatic rings. The van der Waals surface area contributed by atoms with Crippen molar-refractivity contribution in [1.29, 1.82) is 0 Å². The Labute approximate surface area is 163 Å². The molecule has 7 heteroatoms. The third-order valence-corrected chi connectivity index (χ3v) is 4.33. The number of hydrogen-bond donors (Lipinski definition) is 2. The van der Waals surface area contributed by atoms with Gasteiger partial charge >= 0.3 is 6.03 Å². The second-order valence-corrected chi connectivity index (χ2v) is 7.15. The van der Waals surface area contributed by atoms with Crippen LogP contribution in [-0.4, -0.2) is 25.1 Å². The van der Waals surface area contributed by atoms with E-state index in [0.717, 1.165) is 0 Å². The summed E-state index contributed by atoms with van der Waals surface area (Å²) in [5.74, 6) is 0.0664. The molecule has 0 aliphatic carbocycles. The van der Waals surface area contributed by atoms with Crippen LogP contribution >= 0.6 is 0 Å². The molecule has 0 spiro atoms. The Morgan fingerprint density at radius 3 is 2.54 bits per heavy atom. The molecule has 146 valence electrons. The normalized spacial score (nSPS) is 15.1. The van der Waals surface area contributed by atoms with E-state index in [1.807, 2.05) is 13.8 Å². The van der Waals surface area contributed by atoms with E-state index < -0.39 is 11.4 Å². The van der Waals surface area contributed by atoms with E-state index in [-0.39, 0.29) is 18.3 Å². The Balaban J connectivity index is 1.79. The van der Waals surface area contributed by atoms with Crippen molar-refractivity contribution in [1.82, 2.24) is 0 Å². The first-order valence-electron chi connectivity index (χ1n) is 8.83. The molecule has 28 heavy (non-hydrogen) atoms. The number of fused-ring (bicyclic) bond motifs is 1. The molecule has 0 radical (unpaired) electrons. The van der Waals surface area contributed by atoms with Gasteiger partial charge in [0.05, 0.1) is 11.1 Å². The molecule has 0 bridgehead atoms. The maximum absolute atomic E-state index is 13.0. The molecule has 0 atom stereocenters. The molecule has 0 unspecified atom stereocenters. The maximum atomic E-state index is 13.0. The van der Waals surface area contributed by atoms with Gasteiger partial charge in [-0.15, -0.1) is 6.58 Å². The van der Waals surface area contributed by atoms with Gasteiger partial charge < -0.3 is 20.3 Å². The molecule has 3 amide bonds. The highest BCUT2D eigenvalue weighted by atomic mass is 19.1. The van der Waals surface area contributed by atoms with Gasteiger partial charge in [0.25, 0.3) is 0 Å². The van der Waals surface area contributed by atoms with E-state index in [2.05, 4.69) is 17.2 Å². The summed E-state index contributed by atoms with van der Waals surface area (Å²) in [6.07, 6.45) is 1.66. The molecule has 0 saturated carbocycles. The highest BCUT2D eigenvalue weighted by Gasteiger charge is 2.37. The molecule has 3 rings (SSSR count). The number of anilines is 3. The first kappa shape index (κ1) is 19.4. The summed E-state index contributed by atoms with van der Waals surface area (Å²) in [5.41, 5.74) is 0.911. The van der Waals surface area contributed by atoms with Gasteiger partial charge in [-0.3, -0.25) is 4.79 Å². The van der Waals surface area contributed by atoms with Gasteiger partial charge in [-0.1, -0.05) is 6.08 Å². The number of halogens is 1. The van der Waals surface area contributed by atoms with Gasteiger partial charge in [0, 0.05) is 24.0 Å². The van der Waals surface area contributed by atoms with E-state index >= 15 is 0 Å². The molecule has 0 saturated heterocycles. The van der Waals surface area contributed by atoms with Crippen LogP contribution in [0.3, 0.4) is 0 Å². The van der Waals surface area contributed by atoms with Gasteiger partial charge in [0.1, 0.15) is 18.2 Å². The summed E-state index contributed by atoms with van der Waals surface area (Å²) in [4.78, 5) is 26.6. The maximum Gasteiger partial charge on any atom is 0.323 e. The van der Waals surface area contributed by atoms with Crippen LogP contribution in [-0.2, 0) is 4.79 Å². The minimum Gasteiger partial charge on any atom is -0.490 e. The first-order chi connectivity index (χ1) is 13.3. The largest absolute Gasteiger partial charge is 0.490 e. The zero-order valence-electron chi connectivity index (χ0n) is 15.8. The molecule has 2 aromatic rings. The number of nitrogens with one attached hydrogen (secondary N) is 2. The van der Waals surface area contributed by atoms with Crippen LogP contribution in [0.1, 0.15) is 13.8 Å². The van der Waals surface area contributed by atoms with Crippen molar-refractivity contribution in [3.8, 4) is 5.75 Å². The number of hydrogen-bond acceptors (Lipinski definition) is 3. The summed E-state index contributed by atoms with van der Waals surface area (Å²) >= 11 is 0. The molecule has 2 aromatic carbocycles. The fourth-order valence-electron chi connectivity index (χ4n) is 2.86. The molecule has 6 nitrogen and oxygen atoms in total. The summed E-state index contributed by atoms with van der Waals surface area (Å²) in [7, 11) is 0. The summed E-state index contributed by atoms with van der Waals surface area (Å²) in [5, 5.41) is 5.33. The van der Waals surface area contributed by atoms with Gasteiger partial charge in [-0.05, 0) is 50.2 Å². The van der Waals surface area contributed by atoms with E-state index in [9.17, 15) is 14.0 Å². The van der Waals surface area contributed by atoms with Crippen molar-refractivity contribution in [3.63, 3.8) is 0 Å². The van der Waals surface area contributed by atoms with E-state index in [0.29, 0.717) is 29.4 Å². The highest BCUT2D eigenvalue weighted by molar-refractivity contribution is 6.02. The Kier molecular flexibility index (Phi) is 5.35. The number of benzene rings is 2. The zero-order chi connectivity index (χ0) is 20.3. The van der Waals surface area contributed by atoms with Crippen molar-refractivity contribution in [3.05, 3.63) is 60.9 Å². The smallest absolute Gasteiger partial charge is 0.323 e. The number of ether oxygens (including phenoxy) is 1. The van der Waals surface area contributed by atoms with Crippen LogP contribution in [0, 0.1) is 11.2 Å². The Hall–Kier alpha value is -3.35. The molecule has 0 aromatic heterocycles. The average Bonchev–Trinajstić information content (AvgIpc) is 2.74. The van der Waals surface area contributed by atoms with Gasteiger partial charge in [0.15, 0.2) is 0 Å². The lowest BCUT2D eigenvalue weighted by atomic mass is 9.93. The van der Waals surface area contributed by atoms with Crippen LogP contribution in [0.25, 0.3) is 0 Å². The van der Waals surface area contributed by atoms with Crippen LogP contribution in [0.4, 0.5) is 26.2 Å². The van der Waals surface area contributed by atoms with Crippen LogP contribution < -0.4 is 20.3 Å². The Morgan fingerprint density at radius 1 is 1.21 bits per heavy atom. The lowest BCUT2D eigenvalue weighted by Crippen LogP contribution is -2.42. The van der Waals surface area contributed by atoms with E-state index in [1.54, 1.807) is 29.2 Å². The molecule has 2 N–H and O–H groups in total. The SMILES string of the molecule is C=CCN1C(=O)C(C)(C)COc2cc(NC(=O)Nc3ccc(F)cc3)ccc21. The van der Waals surface area contributed by atoms with Gasteiger partial charge in [-0.2, -0.15) is 0 Å². The van der Waals surface area contributed by atoms with Crippen LogP contribution in [0.2, 0.25) is 0 Å². The molecule has 1 aliphatic heterocycles. The van der Waals surface area contributed by atoms with Crippen molar-refractivity contribution >= 4 is 29.0 Å². The Morgan fingerprint density at radius 2 is 1.86 bits per heavy atom. The van der Waals surface area contributed by atoms with Crippen LogP contribution in [0.5, 0.6) is 5.75 Å². The predicted molar refractivity (Wildman–Crippen MR) is 107 cm³/mol. The first-order valence-corrected chi connectivity index (χ1v) is 8.83. The van der Waals surface area contributed by atoms with Crippen LogP contribution in [0.15, 0.2) is 55.1 Å². The molecular formula is C21H22FN3O3.